The Bertz CT molecular complexity index is 298. The van der Waals surface area contributed by atoms with E-state index in [-0.39, 0.29) is 5.78 Å². The molecular formula is C9H10N2O2. The number of hydrogen-bond donors (Lipinski definition) is 0. The van der Waals surface area contributed by atoms with Gasteiger partial charge in [-0.05, 0) is 6.07 Å². The maximum absolute atomic E-state index is 11.2. The predicted molar refractivity (Wildman–Crippen MR) is 48.1 cm³/mol. The Kier molecular flexibility index (Phi) is 3.25. The summed E-state index contributed by atoms with van der Waals surface area (Å²) in [6.07, 6.45) is 3.38. The third kappa shape index (κ3) is 2.18. The normalized spacial score (nSPS) is 12.1. The summed E-state index contributed by atoms with van der Waals surface area (Å²) < 4.78 is 0. The zero-order valence-electron chi connectivity index (χ0n) is 7.30. The van der Waals surface area contributed by atoms with Crippen LogP contribution in [-0.4, -0.2) is 10.8 Å². The average molecular weight is 178 g/mol. The van der Waals surface area contributed by atoms with Gasteiger partial charge < -0.3 is 0 Å². The fourth-order valence-electron chi connectivity index (χ4n) is 1.04. The lowest BCUT2D eigenvalue weighted by atomic mass is 10.0. The van der Waals surface area contributed by atoms with Gasteiger partial charge in [0.15, 0.2) is 11.8 Å². The molecule has 1 rings (SSSR count). The SMILES string of the molecule is CCC(=O)C(N=O)c1cccnc1. The molecule has 0 aliphatic heterocycles. The van der Waals surface area contributed by atoms with Crippen LogP contribution in [0.15, 0.2) is 29.7 Å². The van der Waals surface area contributed by atoms with Crippen LogP contribution in [0.4, 0.5) is 0 Å². The summed E-state index contributed by atoms with van der Waals surface area (Å²) in [7, 11) is 0. The van der Waals surface area contributed by atoms with Gasteiger partial charge in [0.05, 0.1) is 0 Å². The lowest BCUT2D eigenvalue weighted by molar-refractivity contribution is -0.120. The zero-order valence-corrected chi connectivity index (χ0v) is 7.30. The van der Waals surface area contributed by atoms with Crippen LogP contribution in [0, 0.1) is 4.91 Å². The van der Waals surface area contributed by atoms with Crippen molar-refractivity contribution >= 4 is 5.78 Å². The van der Waals surface area contributed by atoms with Gasteiger partial charge in [0.1, 0.15) is 0 Å². The highest BCUT2D eigenvalue weighted by Crippen LogP contribution is 2.17. The molecule has 0 saturated heterocycles. The van der Waals surface area contributed by atoms with Crippen LogP contribution in [-0.2, 0) is 4.79 Å². The van der Waals surface area contributed by atoms with Gasteiger partial charge >= 0.3 is 0 Å². The van der Waals surface area contributed by atoms with Gasteiger partial charge in [0.2, 0.25) is 0 Å². The Morgan fingerprint density at radius 1 is 1.69 bits per heavy atom. The lowest BCUT2D eigenvalue weighted by Crippen LogP contribution is -2.08. The molecule has 1 unspecified atom stereocenters. The first-order chi connectivity index (χ1) is 6.29. The van der Waals surface area contributed by atoms with Crippen LogP contribution in [0.2, 0.25) is 0 Å². The van der Waals surface area contributed by atoms with Crippen molar-refractivity contribution in [3.63, 3.8) is 0 Å². The Morgan fingerprint density at radius 2 is 2.46 bits per heavy atom. The van der Waals surface area contributed by atoms with E-state index >= 15 is 0 Å². The second kappa shape index (κ2) is 4.45. The third-order valence-electron chi connectivity index (χ3n) is 1.76. The summed E-state index contributed by atoms with van der Waals surface area (Å²) in [6.45, 7) is 1.71. The zero-order chi connectivity index (χ0) is 9.68. The molecule has 1 aromatic rings. The van der Waals surface area contributed by atoms with E-state index < -0.39 is 6.04 Å². The molecule has 1 aromatic heterocycles. The van der Waals surface area contributed by atoms with Crippen molar-refractivity contribution in [3.8, 4) is 0 Å². The largest absolute Gasteiger partial charge is 0.297 e. The van der Waals surface area contributed by atoms with Crippen molar-refractivity contribution in [1.29, 1.82) is 0 Å². The van der Waals surface area contributed by atoms with Gasteiger partial charge in [-0.1, -0.05) is 18.2 Å². The molecule has 4 heteroatoms. The van der Waals surface area contributed by atoms with E-state index in [4.69, 9.17) is 0 Å². The number of carbonyl (C=O) groups is 1. The highest BCUT2D eigenvalue weighted by Gasteiger charge is 2.19. The molecule has 1 atom stereocenters. The summed E-state index contributed by atoms with van der Waals surface area (Å²) in [5.74, 6) is -0.178. The molecule has 0 aliphatic rings. The number of aromatic nitrogens is 1. The van der Waals surface area contributed by atoms with E-state index in [2.05, 4.69) is 10.2 Å². The topological polar surface area (TPSA) is 59.4 Å². The lowest BCUT2D eigenvalue weighted by Gasteiger charge is -2.04. The molecule has 0 aliphatic carbocycles. The molecular weight excluding hydrogens is 168 g/mol. The maximum Gasteiger partial charge on any atom is 0.176 e. The highest BCUT2D eigenvalue weighted by molar-refractivity contribution is 5.85. The number of Topliss-reactive ketones (excluding diaryl/α,β-unsaturated/α-hetero) is 1. The molecule has 0 N–H and O–H groups in total. The summed E-state index contributed by atoms with van der Waals surface area (Å²) in [5.41, 5.74) is 0.560. The number of rotatable bonds is 4. The predicted octanol–water partition coefficient (Wildman–Crippen LogP) is 1.87. The maximum atomic E-state index is 11.2. The Balaban J connectivity index is 2.91. The van der Waals surface area contributed by atoms with Crippen molar-refractivity contribution in [3.05, 3.63) is 35.0 Å². The third-order valence-corrected chi connectivity index (χ3v) is 1.76. The molecule has 0 bridgehead atoms. The molecule has 0 spiro atoms. The van der Waals surface area contributed by atoms with E-state index in [1.165, 1.54) is 6.20 Å². The first-order valence-electron chi connectivity index (χ1n) is 4.04. The van der Waals surface area contributed by atoms with Crippen LogP contribution in [0.5, 0.6) is 0 Å². The van der Waals surface area contributed by atoms with Crippen LogP contribution in [0.25, 0.3) is 0 Å². The van der Waals surface area contributed by atoms with E-state index in [0.717, 1.165) is 0 Å². The molecule has 1 heterocycles. The Morgan fingerprint density at radius 3 is 2.92 bits per heavy atom. The van der Waals surface area contributed by atoms with E-state index in [9.17, 15) is 9.70 Å². The summed E-state index contributed by atoms with van der Waals surface area (Å²) in [6, 6.07) is 2.46. The molecule has 0 saturated carbocycles. The van der Waals surface area contributed by atoms with Crippen molar-refractivity contribution in [1.82, 2.24) is 4.98 Å². The number of nitrogens with zero attached hydrogens (tertiary/aromatic N) is 2. The summed E-state index contributed by atoms with van der Waals surface area (Å²) >= 11 is 0. The van der Waals surface area contributed by atoms with E-state index in [1.54, 1.807) is 25.3 Å². The molecule has 13 heavy (non-hydrogen) atoms. The van der Waals surface area contributed by atoms with Crippen LogP contribution >= 0.6 is 0 Å². The van der Waals surface area contributed by atoms with Crippen molar-refractivity contribution < 1.29 is 4.79 Å². The minimum absolute atomic E-state index is 0.178. The monoisotopic (exact) mass is 178 g/mol. The van der Waals surface area contributed by atoms with Crippen molar-refractivity contribution in [2.75, 3.05) is 0 Å². The smallest absolute Gasteiger partial charge is 0.176 e. The Hall–Kier alpha value is -1.58. The van der Waals surface area contributed by atoms with Gasteiger partial charge in [-0.3, -0.25) is 9.78 Å². The number of carbonyl (C=O) groups excluding carboxylic acids is 1. The van der Waals surface area contributed by atoms with Gasteiger partial charge in [-0.15, -0.1) is 4.91 Å². The summed E-state index contributed by atoms with van der Waals surface area (Å²) in [4.78, 5) is 25.4. The second-order valence-corrected chi connectivity index (χ2v) is 2.61. The number of hydrogen-bond acceptors (Lipinski definition) is 4. The number of ketones is 1. The second-order valence-electron chi connectivity index (χ2n) is 2.61. The summed E-state index contributed by atoms with van der Waals surface area (Å²) in [5, 5.41) is 2.79. The fourth-order valence-corrected chi connectivity index (χ4v) is 1.04. The van der Waals surface area contributed by atoms with Crippen LogP contribution in [0.3, 0.4) is 0 Å². The van der Waals surface area contributed by atoms with Crippen molar-refractivity contribution in [2.45, 2.75) is 19.4 Å². The van der Waals surface area contributed by atoms with E-state index in [1.807, 2.05) is 0 Å². The minimum atomic E-state index is -0.890. The molecule has 0 amide bonds. The minimum Gasteiger partial charge on any atom is -0.297 e. The van der Waals surface area contributed by atoms with Crippen LogP contribution < -0.4 is 0 Å². The quantitative estimate of drug-likeness (QED) is 0.661. The van der Waals surface area contributed by atoms with Gasteiger partial charge in [-0.25, -0.2) is 0 Å². The molecule has 0 radical (unpaired) electrons. The molecule has 0 fully saturated rings. The van der Waals surface area contributed by atoms with E-state index in [0.29, 0.717) is 12.0 Å². The first kappa shape index (κ1) is 9.51. The standard InChI is InChI=1S/C9H10N2O2/c1-2-8(12)9(11-13)7-4-3-5-10-6-7/h3-6,9H,2H2,1H3. The first-order valence-corrected chi connectivity index (χ1v) is 4.04. The number of pyridine rings is 1. The molecule has 68 valence electrons. The fraction of sp³-hybridized carbons (Fsp3) is 0.333. The van der Waals surface area contributed by atoms with Gasteiger partial charge in [0, 0.05) is 24.4 Å². The van der Waals surface area contributed by atoms with Crippen LogP contribution in [0.1, 0.15) is 24.9 Å². The molecule has 0 aromatic carbocycles. The number of nitroso groups, excluding NO2 is 1. The van der Waals surface area contributed by atoms with Gasteiger partial charge in [0.25, 0.3) is 0 Å². The van der Waals surface area contributed by atoms with Gasteiger partial charge in [-0.2, -0.15) is 0 Å². The molecule has 4 nitrogen and oxygen atoms in total. The Labute approximate surface area is 76.0 Å². The average Bonchev–Trinajstić information content (AvgIpc) is 2.20. The van der Waals surface area contributed by atoms with Crippen molar-refractivity contribution in [2.24, 2.45) is 5.18 Å². The highest BCUT2D eigenvalue weighted by atomic mass is 16.3.